The van der Waals surface area contributed by atoms with Gasteiger partial charge in [0, 0.05) is 45.8 Å². The number of anilines is 1. The Morgan fingerprint density at radius 3 is 2.17 bits per heavy atom. The van der Waals surface area contributed by atoms with Gasteiger partial charge in [-0.05, 0) is 80.7 Å². The van der Waals surface area contributed by atoms with E-state index < -0.39 is 23.2 Å². The number of methoxy groups -OCH3 is 1. The van der Waals surface area contributed by atoms with E-state index in [4.69, 9.17) is 16.3 Å². The van der Waals surface area contributed by atoms with Gasteiger partial charge in [0.25, 0.3) is 17.4 Å². The molecule has 2 fully saturated rings. The molecule has 1 aromatic heterocycles. The van der Waals surface area contributed by atoms with Gasteiger partial charge in [0.05, 0.1) is 12.7 Å². The van der Waals surface area contributed by atoms with E-state index in [2.05, 4.69) is 9.88 Å². The van der Waals surface area contributed by atoms with Crippen LogP contribution in [0.15, 0.2) is 30.3 Å². The van der Waals surface area contributed by atoms with Crippen LogP contribution in [0.3, 0.4) is 0 Å². The third-order valence-electron chi connectivity index (χ3n) is 8.40. The number of nitrogens with zero attached hydrogens (tertiary/aromatic N) is 4. The molecule has 2 aliphatic rings. The predicted molar refractivity (Wildman–Crippen MR) is 154 cm³/mol. The number of likely N-dealkylation sites (tertiary alicyclic amines) is 1. The molecule has 0 unspecified atom stereocenters. The van der Waals surface area contributed by atoms with Gasteiger partial charge in [-0.2, -0.15) is 13.2 Å². The number of benzene rings is 1. The summed E-state index contributed by atoms with van der Waals surface area (Å²) in [7, 11) is 4.63. The Morgan fingerprint density at radius 1 is 1.05 bits per heavy atom. The number of aliphatic hydroxyl groups is 1. The van der Waals surface area contributed by atoms with Gasteiger partial charge >= 0.3 is 6.18 Å². The summed E-state index contributed by atoms with van der Waals surface area (Å²) >= 11 is 6.29. The van der Waals surface area contributed by atoms with Crippen LogP contribution in [0.5, 0.6) is 5.75 Å². The summed E-state index contributed by atoms with van der Waals surface area (Å²) in [5, 5.41) is 11.1. The fourth-order valence-electron chi connectivity index (χ4n) is 5.95. The van der Waals surface area contributed by atoms with Crippen molar-refractivity contribution in [1.29, 1.82) is 0 Å². The van der Waals surface area contributed by atoms with Crippen LogP contribution < -0.4 is 9.64 Å². The van der Waals surface area contributed by atoms with E-state index in [-0.39, 0.29) is 35.8 Å². The average Bonchev–Trinajstić information content (AvgIpc) is 2.95. The van der Waals surface area contributed by atoms with Gasteiger partial charge < -0.3 is 24.5 Å². The van der Waals surface area contributed by atoms with Crippen molar-refractivity contribution in [3.8, 4) is 5.75 Å². The van der Waals surface area contributed by atoms with Gasteiger partial charge in [-0.3, -0.25) is 9.59 Å². The van der Waals surface area contributed by atoms with Gasteiger partial charge in [0.1, 0.15) is 16.7 Å². The Balaban J connectivity index is 1.33. The summed E-state index contributed by atoms with van der Waals surface area (Å²) in [6.45, 7) is 3.46. The molecule has 0 aliphatic carbocycles. The second-order valence-corrected chi connectivity index (χ2v) is 11.9. The lowest BCUT2D eigenvalue weighted by atomic mass is 9.82. The average molecular weight is 611 g/mol. The summed E-state index contributed by atoms with van der Waals surface area (Å²) in [6.07, 6.45) is -1.25. The number of ether oxygens (including phenoxy) is 1. The number of rotatable bonds is 7. The normalized spacial score (nSPS) is 18.5. The molecule has 1 N–H and O–H groups in total. The highest BCUT2D eigenvalue weighted by atomic mass is 35.5. The van der Waals surface area contributed by atoms with Crippen LogP contribution in [-0.2, 0) is 10.4 Å². The number of halogens is 4. The number of carbonyl (C=O) groups is 2. The van der Waals surface area contributed by atoms with Crippen molar-refractivity contribution in [2.75, 3.05) is 52.3 Å². The molecule has 230 valence electrons. The Hall–Kier alpha value is -3.05. The van der Waals surface area contributed by atoms with E-state index in [1.807, 2.05) is 6.07 Å². The number of aryl methyl sites for hydroxylation is 1. The van der Waals surface area contributed by atoms with Crippen molar-refractivity contribution in [1.82, 2.24) is 14.8 Å². The van der Waals surface area contributed by atoms with E-state index in [0.717, 1.165) is 49.1 Å². The standard InChI is InChI=1S/C30H38ClF3N4O4/c1-19-15-22(18-23(16-19)42-4)29(41,30(32,33)34)28(40)38-13-9-21(10-14-38)17-20-7-11-37(12-8-20)25-6-5-24(26(31)35-25)27(39)36(2)3/h5-6,15-16,18,20-21,41H,7-14,17H2,1-4H3/t29-/m1/s1. The maximum Gasteiger partial charge on any atom is 0.430 e. The number of amides is 2. The molecule has 1 atom stereocenters. The molecule has 8 nitrogen and oxygen atoms in total. The minimum atomic E-state index is -5.20. The topological polar surface area (TPSA) is 86.2 Å². The molecule has 0 bridgehead atoms. The summed E-state index contributed by atoms with van der Waals surface area (Å²) in [4.78, 5) is 34.6. The minimum absolute atomic E-state index is 0.139. The van der Waals surface area contributed by atoms with E-state index >= 15 is 0 Å². The first-order valence-electron chi connectivity index (χ1n) is 14.1. The SMILES string of the molecule is COc1cc(C)cc([C@@](O)(C(=O)N2CCC(CC3CCN(c4ccc(C(=O)N(C)C)c(Cl)n4)CC3)CC2)C(F)(F)F)c1. The number of pyridine rings is 1. The van der Waals surface area contributed by atoms with E-state index in [1.54, 1.807) is 27.1 Å². The summed E-state index contributed by atoms with van der Waals surface area (Å²) in [5.41, 5.74) is -3.39. The molecule has 2 amide bonds. The van der Waals surface area contributed by atoms with Crippen molar-refractivity contribution >= 4 is 29.2 Å². The van der Waals surface area contributed by atoms with Crippen molar-refractivity contribution < 1.29 is 32.6 Å². The zero-order valence-electron chi connectivity index (χ0n) is 24.4. The van der Waals surface area contributed by atoms with Gasteiger partial charge in [-0.15, -0.1) is 0 Å². The molecule has 1 aromatic carbocycles. The Labute approximate surface area is 249 Å². The lowest BCUT2D eigenvalue weighted by Gasteiger charge is -2.40. The monoisotopic (exact) mass is 610 g/mol. The fraction of sp³-hybridized carbons (Fsp3) is 0.567. The highest BCUT2D eigenvalue weighted by molar-refractivity contribution is 6.32. The number of alkyl halides is 3. The summed E-state index contributed by atoms with van der Waals surface area (Å²) in [5.74, 6) is 0.0466. The Bertz CT molecular complexity index is 1290. The van der Waals surface area contributed by atoms with Crippen LogP contribution in [-0.4, -0.2) is 85.3 Å². The number of piperidine rings is 2. The van der Waals surface area contributed by atoms with Crippen molar-refractivity contribution in [3.05, 3.63) is 52.2 Å². The Morgan fingerprint density at radius 2 is 1.64 bits per heavy atom. The van der Waals surface area contributed by atoms with Crippen LogP contribution in [0.1, 0.15) is 53.6 Å². The van der Waals surface area contributed by atoms with Crippen molar-refractivity contribution in [3.63, 3.8) is 0 Å². The molecule has 42 heavy (non-hydrogen) atoms. The van der Waals surface area contributed by atoms with Crippen LogP contribution >= 0.6 is 11.6 Å². The molecule has 2 saturated heterocycles. The summed E-state index contributed by atoms with van der Waals surface area (Å²) < 4.78 is 47.8. The van der Waals surface area contributed by atoms with E-state index in [1.165, 1.54) is 24.1 Å². The third-order valence-corrected chi connectivity index (χ3v) is 8.69. The van der Waals surface area contributed by atoms with Gasteiger partial charge in [-0.25, -0.2) is 4.98 Å². The first kappa shape index (κ1) is 31.9. The molecule has 2 aliphatic heterocycles. The van der Waals surface area contributed by atoms with Gasteiger partial charge in [0.15, 0.2) is 0 Å². The Kier molecular flexibility index (Phi) is 9.62. The molecule has 0 spiro atoms. The third kappa shape index (κ3) is 6.62. The predicted octanol–water partition coefficient (Wildman–Crippen LogP) is 5.05. The highest BCUT2D eigenvalue weighted by Gasteiger charge is 2.62. The maximum atomic E-state index is 14.2. The van der Waals surface area contributed by atoms with Crippen LogP contribution in [0.25, 0.3) is 0 Å². The number of aromatic nitrogens is 1. The first-order valence-corrected chi connectivity index (χ1v) is 14.5. The maximum absolute atomic E-state index is 14.2. The number of hydrogen-bond acceptors (Lipinski definition) is 6. The first-order chi connectivity index (χ1) is 19.7. The van der Waals surface area contributed by atoms with Crippen LogP contribution in [0, 0.1) is 18.8 Å². The number of carbonyl (C=O) groups excluding carboxylic acids is 2. The molecular weight excluding hydrogens is 573 g/mol. The molecule has 2 aromatic rings. The second-order valence-electron chi connectivity index (χ2n) is 11.6. The summed E-state index contributed by atoms with van der Waals surface area (Å²) in [6, 6.07) is 7.29. The molecular formula is C30H38ClF3N4O4. The molecule has 12 heteroatoms. The molecule has 0 saturated carbocycles. The molecule has 0 radical (unpaired) electrons. The zero-order chi connectivity index (χ0) is 30.8. The van der Waals surface area contributed by atoms with Gasteiger partial charge in [-0.1, -0.05) is 17.7 Å². The fourth-order valence-corrected chi connectivity index (χ4v) is 6.18. The lowest BCUT2D eigenvalue weighted by Crippen LogP contribution is -2.57. The molecule has 3 heterocycles. The zero-order valence-corrected chi connectivity index (χ0v) is 25.1. The van der Waals surface area contributed by atoms with Gasteiger partial charge in [0.2, 0.25) is 0 Å². The number of hydrogen-bond donors (Lipinski definition) is 1. The minimum Gasteiger partial charge on any atom is -0.497 e. The van der Waals surface area contributed by atoms with Crippen LogP contribution in [0.4, 0.5) is 19.0 Å². The lowest BCUT2D eigenvalue weighted by molar-refractivity contribution is -0.262. The van der Waals surface area contributed by atoms with Crippen LogP contribution in [0.2, 0.25) is 5.15 Å². The second kappa shape index (κ2) is 12.7. The van der Waals surface area contributed by atoms with Crippen molar-refractivity contribution in [2.24, 2.45) is 11.8 Å². The highest BCUT2D eigenvalue weighted by Crippen LogP contribution is 2.43. The van der Waals surface area contributed by atoms with E-state index in [0.29, 0.717) is 29.9 Å². The quantitative estimate of drug-likeness (QED) is 0.442. The smallest absolute Gasteiger partial charge is 0.430 e. The van der Waals surface area contributed by atoms with E-state index in [9.17, 15) is 27.9 Å². The largest absolute Gasteiger partial charge is 0.497 e. The van der Waals surface area contributed by atoms with Crippen molar-refractivity contribution in [2.45, 2.75) is 50.8 Å². The molecule has 4 rings (SSSR count).